The van der Waals surface area contributed by atoms with Crippen molar-refractivity contribution in [3.63, 3.8) is 0 Å². The van der Waals surface area contributed by atoms with Crippen LogP contribution in [0.2, 0.25) is 0 Å². The molecular formula is C17H14Ca2O9. The molecule has 0 aromatic heterocycles. The van der Waals surface area contributed by atoms with Gasteiger partial charge in [0, 0.05) is 0 Å². The zero-order chi connectivity index (χ0) is 19.3. The Balaban J connectivity index is 0.00000364. The van der Waals surface area contributed by atoms with Crippen molar-refractivity contribution in [2.24, 2.45) is 0 Å². The van der Waals surface area contributed by atoms with Crippen molar-refractivity contribution in [3.05, 3.63) is 70.8 Å². The van der Waals surface area contributed by atoms with Gasteiger partial charge in [-0.15, -0.1) is 0 Å². The fourth-order valence-corrected chi connectivity index (χ4v) is 1.98. The first-order valence-electron chi connectivity index (χ1n) is 6.94. The summed E-state index contributed by atoms with van der Waals surface area (Å²) in [6, 6.07) is 9.90. The summed E-state index contributed by atoms with van der Waals surface area (Å²) in [7, 11) is 0. The van der Waals surface area contributed by atoms with E-state index >= 15 is 0 Å². The monoisotopic (exact) mass is 442 g/mol. The molecule has 0 spiro atoms. The van der Waals surface area contributed by atoms with E-state index in [2.05, 4.69) is 9.47 Å². The van der Waals surface area contributed by atoms with Crippen LogP contribution in [0.15, 0.2) is 48.5 Å². The number of hydrogen-bond acceptors (Lipinski definition) is 7. The van der Waals surface area contributed by atoms with Crippen LogP contribution in [0.3, 0.4) is 0 Å². The second-order valence-electron chi connectivity index (χ2n) is 4.73. The van der Waals surface area contributed by atoms with Crippen molar-refractivity contribution in [2.45, 2.75) is 0 Å². The first-order valence-corrected chi connectivity index (χ1v) is 6.94. The molecule has 0 saturated carbocycles. The molecule has 2 N–H and O–H groups in total. The van der Waals surface area contributed by atoms with E-state index < -0.39 is 52.3 Å². The summed E-state index contributed by atoms with van der Waals surface area (Å²) in [5, 5.41) is 18.0. The zero-order valence-electron chi connectivity index (χ0n) is 12.9. The molecular weight excluding hydrogens is 428 g/mol. The van der Waals surface area contributed by atoms with E-state index in [9.17, 15) is 24.0 Å². The SMILES string of the molecule is O=C(OC(=O)c1ccccc1C(=O)O)OC(=O)c1ccccc1C(=O)O.[CaH2].[CaH2]. The van der Waals surface area contributed by atoms with E-state index in [1.807, 2.05) is 0 Å². The Kier molecular flexibility index (Phi) is 11.5. The minimum atomic E-state index is -1.72. The quantitative estimate of drug-likeness (QED) is 0.390. The third-order valence-corrected chi connectivity index (χ3v) is 3.11. The van der Waals surface area contributed by atoms with E-state index in [0.717, 1.165) is 24.3 Å². The third kappa shape index (κ3) is 6.84. The Morgan fingerprint density at radius 2 is 0.857 bits per heavy atom. The van der Waals surface area contributed by atoms with Gasteiger partial charge in [0.2, 0.25) is 0 Å². The number of carboxylic acids is 2. The average molecular weight is 442 g/mol. The molecule has 28 heavy (non-hydrogen) atoms. The Morgan fingerprint density at radius 1 is 0.571 bits per heavy atom. The summed E-state index contributed by atoms with van der Waals surface area (Å²) in [5.41, 5.74) is -1.66. The number of rotatable bonds is 4. The van der Waals surface area contributed by atoms with Gasteiger partial charge in [0.05, 0.1) is 22.3 Å². The molecule has 2 aromatic carbocycles. The molecule has 0 unspecified atom stereocenters. The first-order chi connectivity index (χ1) is 12.3. The molecule has 11 heteroatoms. The van der Waals surface area contributed by atoms with Gasteiger partial charge in [-0.3, -0.25) is 0 Å². The molecule has 2 rings (SSSR count). The number of aromatic carboxylic acids is 2. The second kappa shape index (κ2) is 12.2. The molecule has 0 heterocycles. The summed E-state index contributed by atoms with van der Waals surface area (Å²) < 4.78 is 8.58. The molecule has 0 fully saturated rings. The van der Waals surface area contributed by atoms with Crippen LogP contribution >= 0.6 is 0 Å². The van der Waals surface area contributed by atoms with Crippen molar-refractivity contribution in [2.75, 3.05) is 0 Å². The topological polar surface area (TPSA) is 144 Å². The van der Waals surface area contributed by atoms with E-state index in [1.165, 1.54) is 24.3 Å². The summed E-state index contributed by atoms with van der Waals surface area (Å²) in [6.45, 7) is 0. The normalized spacial score (nSPS) is 9.14. The van der Waals surface area contributed by atoms with Crippen molar-refractivity contribution >= 4 is 106 Å². The van der Waals surface area contributed by atoms with Gasteiger partial charge in [0.15, 0.2) is 0 Å². The van der Waals surface area contributed by atoms with E-state index in [0.29, 0.717) is 0 Å². The fourth-order valence-electron chi connectivity index (χ4n) is 1.98. The van der Waals surface area contributed by atoms with Crippen molar-refractivity contribution in [1.82, 2.24) is 0 Å². The maximum absolute atomic E-state index is 11.9. The van der Waals surface area contributed by atoms with Gasteiger partial charge in [-0.2, -0.15) is 0 Å². The molecule has 140 valence electrons. The number of carbonyl (C=O) groups excluding carboxylic acids is 3. The molecule has 0 aliphatic carbocycles. The second-order valence-corrected chi connectivity index (χ2v) is 4.73. The molecule has 0 radical (unpaired) electrons. The van der Waals surface area contributed by atoms with Crippen molar-refractivity contribution in [3.8, 4) is 0 Å². The predicted molar refractivity (Wildman–Crippen MR) is 100 cm³/mol. The van der Waals surface area contributed by atoms with Crippen LogP contribution in [0.25, 0.3) is 0 Å². The Labute approximate surface area is 217 Å². The van der Waals surface area contributed by atoms with Gasteiger partial charge in [-0.1, -0.05) is 24.3 Å². The fraction of sp³-hybridized carbons (Fsp3) is 0. The summed E-state index contributed by atoms with van der Waals surface area (Å²) >= 11 is 0. The molecule has 0 aliphatic rings. The molecule has 0 amide bonds. The number of benzene rings is 2. The Morgan fingerprint density at radius 3 is 1.14 bits per heavy atom. The minimum absolute atomic E-state index is 0. The first kappa shape index (κ1) is 26.5. The van der Waals surface area contributed by atoms with Crippen LogP contribution in [-0.4, -0.2) is 116 Å². The third-order valence-electron chi connectivity index (χ3n) is 3.11. The molecule has 9 nitrogen and oxygen atoms in total. The van der Waals surface area contributed by atoms with E-state index in [-0.39, 0.29) is 75.5 Å². The predicted octanol–water partition coefficient (Wildman–Crippen LogP) is 0.384. The van der Waals surface area contributed by atoms with E-state index in [1.54, 1.807) is 0 Å². The number of carboxylic acid groups (broad SMARTS) is 2. The van der Waals surface area contributed by atoms with Crippen LogP contribution in [-0.2, 0) is 9.47 Å². The van der Waals surface area contributed by atoms with Crippen molar-refractivity contribution < 1.29 is 43.7 Å². The number of carbonyl (C=O) groups is 5. The van der Waals surface area contributed by atoms with Gasteiger partial charge in [-0.05, 0) is 24.3 Å². The molecule has 0 saturated heterocycles. The summed E-state index contributed by atoms with van der Waals surface area (Å²) in [5.74, 6) is -5.52. The number of esters is 2. The standard InChI is InChI=1S/C17H10O9.2Ca.4H/c18-13(19)9-5-1-3-7-11(9)15(22)25-17(24)26-16(23)12-8-4-2-6-10(12)14(20)21;;;;;;/h1-8H,(H,18,19)(H,20,21);;;;;;. The number of ether oxygens (including phenoxy) is 2. The van der Waals surface area contributed by atoms with Gasteiger partial charge >= 0.3 is 106 Å². The molecule has 0 bridgehead atoms. The van der Waals surface area contributed by atoms with Gasteiger partial charge < -0.3 is 19.7 Å². The summed E-state index contributed by atoms with van der Waals surface area (Å²) in [6.07, 6.45) is -1.72. The average Bonchev–Trinajstić information content (AvgIpc) is 2.61. The molecule has 0 atom stereocenters. The van der Waals surface area contributed by atoms with Crippen molar-refractivity contribution in [1.29, 1.82) is 0 Å². The maximum atomic E-state index is 11.9. The Bertz CT molecular complexity index is 851. The summed E-state index contributed by atoms with van der Waals surface area (Å²) in [4.78, 5) is 57.4. The van der Waals surface area contributed by atoms with Crippen LogP contribution in [0.5, 0.6) is 0 Å². The van der Waals surface area contributed by atoms with Crippen LogP contribution in [0, 0.1) is 0 Å². The van der Waals surface area contributed by atoms with Crippen LogP contribution in [0.4, 0.5) is 4.79 Å². The van der Waals surface area contributed by atoms with E-state index in [4.69, 9.17) is 10.2 Å². The molecule has 2 aromatic rings. The van der Waals surface area contributed by atoms with Crippen LogP contribution < -0.4 is 0 Å². The number of hydrogen-bond donors (Lipinski definition) is 2. The Hall–Kier alpha value is -1.49. The van der Waals surface area contributed by atoms with Crippen LogP contribution in [0.1, 0.15) is 41.4 Å². The molecule has 0 aliphatic heterocycles. The van der Waals surface area contributed by atoms with Gasteiger partial charge in [0.25, 0.3) is 0 Å². The van der Waals surface area contributed by atoms with Gasteiger partial charge in [0.1, 0.15) is 0 Å². The van der Waals surface area contributed by atoms with Gasteiger partial charge in [-0.25, -0.2) is 24.0 Å². The zero-order valence-corrected chi connectivity index (χ0v) is 12.9.